The van der Waals surface area contributed by atoms with Crippen LogP contribution in [0.25, 0.3) is 5.52 Å². The smallest absolute Gasteiger partial charge is 0.406 e. The van der Waals surface area contributed by atoms with Crippen LogP contribution in [0, 0.1) is 6.92 Å². The number of carbonyl (C=O) groups excluding carboxylic acids is 1. The molecule has 188 valence electrons. The Hall–Kier alpha value is -4.29. The number of carbonyl (C=O) groups is 1. The van der Waals surface area contributed by atoms with Crippen LogP contribution in [0.2, 0.25) is 0 Å². The molecule has 2 N–H and O–H groups in total. The highest BCUT2D eigenvalue weighted by atomic mass is 19.4. The van der Waals surface area contributed by atoms with E-state index in [1.54, 1.807) is 15.5 Å². The Kier molecular flexibility index (Phi) is 6.12. The van der Waals surface area contributed by atoms with E-state index in [0.29, 0.717) is 49.3 Å². The number of halogens is 3. The molecule has 0 unspecified atom stereocenters. The SMILES string of the molecule is Cc1cc(Nc2nc(N3CCN(C(=O)Cc4cccc(OC(F)(F)F)c4)CC3)nn3cccc23)n[nH]1. The third-order valence-corrected chi connectivity index (χ3v) is 5.73. The summed E-state index contributed by atoms with van der Waals surface area (Å²) in [5.41, 5.74) is 2.17. The summed E-state index contributed by atoms with van der Waals surface area (Å²) in [6.07, 6.45) is -2.97. The van der Waals surface area contributed by atoms with Gasteiger partial charge in [0, 0.05) is 44.1 Å². The topological polar surface area (TPSA) is 104 Å². The van der Waals surface area contributed by atoms with Crippen molar-refractivity contribution in [1.82, 2.24) is 29.7 Å². The van der Waals surface area contributed by atoms with Gasteiger partial charge in [0.25, 0.3) is 0 Å². The molecule has 36 heavy (non-hydrogen) atoms. The fraction of sp³-hybridized carbons (Fsp3) is 0.304. The van der Waals surface area contributed by atoms with Gasteiger partial charge in [-0.15, -0.1) is 18.3 Å². The van der Waals surface area contributed by atoms with Crippen molar-refractivity contribution < 1.29 is 22.7 Å². The van der Waals surface area contributed by atoms with Gasteiger partial charge in [-0.2, -0.15) is 10.1 Å². The molecular weight excluding hydrogens is 477 g/mol. The van der Waals surface area contributed by atoms with Gasteiger partial charge >= 0.3 is 6.36 Å². The normalized spacial score (nSPS) is 14.3. The molecule has 0 bridgehead atoms. The second-order valence-electron chi connectivity index (χ2n) is 8.40. The minimum atomic E-state index is -4.78. The van der Waals surface area contributed by atoms with Crippen molar-refractivity contribution in [1.29, 1.82) is 0 Å². The molecule has 1 saturated heterocycles. The molecule has 5 rings (SSSR count). The van der Waals surface area contributed by atoms with Crippen LogP contribution in [0.5, 0.6) is 5.75 Å². The Bertz CT molecular complexity index is 1380. The quantitative estimate of drug-likeness (QED) is 0.419. The Morgan fingerprint density at radius 2 is 1.94 bits per heavy atom. The number of nitrogens with one attached hydrogen (secondary N) is 2. The minimum Gasteiger partial charge on any atom is -0.406 e. The molecule has 0 saturated carbocycles. The minimum absolute atomic E-state index is 0.0158. The Morgan fingerprint density at radius 3 is 2.67 bits per heavy atom. The first kappa shape index (κ1) is 23.5. The van der Waals surface area contributed by atoms with Crippen molar-refractivity contribution in [3.8, 4) is 5.75 Å². The molecule has 1 aromatic carbocycles. The first-order valence-electron chi connectivity index (χ1n) is 11.3. The molecule has 1 fully saturated rings. The molecule has 0 radical (unpaired) electrons. The lowest BCUT2D eigenvalue weighted by molar-refractivity contribution is -0.274. The highest BCUT2D eigenvalue weighted by molar-refractivity contribution is 5.79. The summed E-state index contributed by atoms with van der Waals surface area (Å²) in [4.78, 5) is 21.2. The highest BCUT2D eigenvalue weighted by Crippen LogP contribution is 2.25. The number of alkyl halides is 3. The molecule has 4 heterocycles. The van der Waals surface area contributed by atoms with Crippen LogP contribution < -0.4 is 15.0 Å². The second kappa shape index (κ2) is 9.40. The van der Waals surface area contributed by atoms with Crippen molar-refractivity contribution >= 4 is 29.0 Å². The standard InChI is InChI=1S/C23H23F3N8O2/c1-15-12-19(30-29-15)27-21-18-6-3-7-34(18)31-22(28-21)33-10-8-32(9-11-33)20(35)14-16-4-2-5-17(13-16)36-23(24,25)26/h2-7,12-13H,8-11,14H2,1H3,(H2,27,28,29,30,31). The van der Waals surface area contributed by atoms with Gasteiger partial charge in [0.05, 0.1) is 6.42 Å². The molecule has 0 spiro atoms. The maximum atomic E-state index is 12.8. The molecule has 0 aliphatic carbocycles. The average molecular weight is 500 g/mol. The maximum absolute atomic E-state index is 12.8. The van der Waals surface area contributed by atoms with E-state index in [1.807, 2.05) is 36.2 Å². The monoisotopic (exact) mass is 500 g/mol. The lowest BCUT2D eigenvalue weighted by atomic mass is 10.1. The number of aromatic nitrogens is 5. The van der Waals surface area contributed by atoms with Crippen molar-refractivity contribution in [2.24, 2.45) is 0 Å². The van der Waals surface area contributed by atoms with Crippen LogP contribution in [0.4, 0.5) is 30.8 Å². The lowest BCUT2D eigenvalue weighted by Gasteiger charge is -2.35. The molecule has 1 aliphatic rings. The Labute approximate surface area is 203 Å². The Balaban J connectivity index is 1.24. The van der Waals surface area contributed by atoms with Crippen molar-refractivity contribution in [2.75, 3.05) is 36.4 Å². The molecule has 13 heteroatoms. The summed E-state index contributed by atoms with van der Waals surface area (Å²) < 4.78 is 43.1. The number of aromatic amines is 1. The van der Waals surface area contributed by atoms with Crippen LogP contribution in [0.1, 0.15) is 11.3 Å². The van der Waals surface area contributed by atoms with Crippen LogP contribution in [0.3, 0.4) is 0 Å². The van der Waals surface area contributed by atoms with Crippen molar-refractivity contribution in [3.63, 3.8) is 0 Å². The van der Waals surface area contributed by atoms with Crippen LogP contribution in [-0.4, -0.2) is 68.1 Å². The zero-order chi connectivity index (χ0) is 25.3. The zero-order valence-corrected chi connectivity index (χ0v) is 19.3. The predicted molar refractivity (Wildman–Crippen MR) is 125 cm³/mol. The van der Waals surface area contributed by atoms with Crippen LogP contribution >= 0.6 is 0 Å². The van der Waals surface area contributed by atoms with Crippen LogP contribution in [0.15, 0.2) is 48.7 Å². The second-order valence-corrected chi connectivity index (χ2v) is 8.40. The van der Waals surface area contributed by atoms with Gasteiger partial charge in [-0.3, -0.25) is 9.89 Å². The van der Waals surface area contributed by atoms with Crippen molar-refractivity contribution in [2.45, 2.75) is 19.7 Å². The number of benzene rings is 1. The predicted octanol–water partition coefficient (Wildman–Crippen LogP) is 3.29. The number of amides is 1. The zero-order valence-electron chi connectivity index (χ0n) is 19.3. The third kappa shape index (κ3) is 5.34. The summed E-state index contributed by atoms with van der Waals surface area (Å²) in [6, 6.07) is 11.1. The molecule has 10 nitrogen and oxygen atoms in total. The molecular formula is C23H23F3N8O2. The largest absolute Gasteiger partial charge is 0.573 e. The van der Waals surface area contributed by atoms with E-state index in [2.05, 4.69) is 25.3 Å². The number of fused-ring (bicyclic) bond motifs is 1. The maximum Gasteiger partial charge on any atom is 0.573 e. The Morgan fingerprint density at radius 1 is 1.14 bits per heavy atom. The van der Waals surface area contributed by atoms with E-state index in [9.17, 15) is 18.0 Å². The number of ether oxygens (including phenoxy) is 1. The summed E-state index contributed by atoms with van der Waals surface area (Å²) >= 11 is 0. The van der Waals surface area contributed by atoms with Gasteiger partial charge in [-0.25, -0.2) is 4.52 Å². The van der Waals surface area contributed by atoms with Gasteiger partial charge in [-0.05, 0) is 36.8 Å². The lowest BCUT2D eigenvalue weighted by Crippen LogP contribution is -2.49. The fourth-order valence-corrected chi connectivity index (χ4v) is 4.05. The number of nitrogens with zero attached hydrogens (tertiary/aromatic N) is 6. The molecule has 0 atom stereocenters. The van der Waals surface area contributed by atoms with E-state index >= 15 is 0 Å². The van der Waals surface area contributed by atoms with Crippen LogP contribution in [-0.2, 0) is 11.2 Å². The number of rotatable bonds is 6. The number of anilines is 3. The summed E-state index contributed by atoms with van der Waals surface area (Å²) in [5.74, 6) is 1.25. The van der Waals surface area contributed by atoms with E-state index in [0.717, 1.165) is 11.2 Å². The van der Waals surface area contributed by atoms with Gasteiger partial charge in [-0.1, -0.05) is 12.1 Å². The van der Waals surface area contributed by atoms with E-state index in [-0.39, 0.29) is 18.1 Å². The van der Waals surface area contributed by atoms with E-state index < -0.39 is 6.36 Å². The molecule has 3 aromatic heterocycles. The summed E-state index contributed by atoms with van der Waals surface area (Å²) in [7, 11) is 0. The summed E-state index contributed by atoms with van der Waals surface area (Å²) in [6.45, 7) is 3.80. The molecule has 1 amide bonds. The highest BCUT2D eigenvalue weighted by Gasteiger charge is 2.31. The van der Waals surface area contributed by atoms with E-state index in [4.69, 9.17) is 4.98 Å². The number of hydrogen-bond acceptors (Lipinski definition) is 7. The number of aryl methyl sites for hydroxylation is 1. The molecule has 1 aliphatic heterocycles. The molecule has 4 aromatic rings. The first-order chi connectivity index (χ1) is 17.2. The van der Waals surface area contributed by atoms with Gasteiger partial charge in [0.2, 0.25) is 11.9 Å². The fourth-order valence-electron chi connectivity index (χ4n) is 4.05. The van der Waals surface area contributed by atoms with Gasteiger partial charge < -0.3 is 19.9 Å². The van der Waals surface area contributed by atoms with Gasteiger partial charge in [0.15, 0.2) is 11.6 Å². The summed E-state index contributed by atoms with van der Waals surface area (Å²) in [5, 5.41) is 14.9. The van der Waals surface area contributed by atoms with Gasteiger partial charge in [0.1, 0.15) is 11.3 Å². The average Bonchev–Trinajstić information content (AvgIpc) is 3.47. The number of H-pyrrole nitrogens is 1. The number of piperazine rings is 1. The number of hydrogen-bond donors (Lipinski definition) is 2. The van der Waals surface area contributed by atoms with E-state index in [1.165, 1.54) is 18.2 Å². The third-order valence-electron chi connectivity index (χ3n) is 5.73. The first-order valence-corrected chi connectivity index (χ1v) is 11.3. The van der Waals surface area contributed by atoms with Crippen molar-refractivity contribution in [3.05, 3.63) is 59.9 Å².